The van der Waals surface area contributed by atoms with E-state index in [9.17, 15) is 4.79 Å². The average molecular weight is 250 g/mol. The Morgan fingerprint density at radius 1 is 1.53 bits per heavy atom. The van der Waals surface area contributed by atoms with Gasteiger partial charge in [0, 0.05) is 11.9 Å². The van der Waals surface area contributed by atoms with Crippen LogP contribution in [0.1, 0.15) is 16.3 Å². The van der Waals surface area contributed by atoms with Gasteiger partial charge in [-0.05, 0) is 25.3 Å². The minimum Gasteiger partial charge on any atom is -0.422 e. The van der Waals surface area contributed by atoms with Crippen molar-refractivity contribution in [2.24, 2.45) is 7.05 Å². The van der Waals surface area contributed by atoms with E-state index in [-0.39, 0.29) is 5.97 Å². The van der Waals surface area contributed by atoms with Crippen LogP contribution < -0.4 is 4.74 Å². The fourth-order valence-electron chi connectivity index (χ4n) is 1.61. The Bertz CT molecular complexity index is 529. The lowest BCUT2D eigenvalue weighted by Crippen LogP contribution is -2.11. The average Bonchev–Trinajstić information content (AvgIpc) is 2.83. The van der Waals surface area contributed by atoms with Crippen LogP contribution in [-0.2, 0) is 18.3 Å². The van der Waals surface area contributed by atoms with Crippen molar-refractivity contribution < 1.29 is 9.53 Å². The van der Waals surface area contributed by atoms with Crippen LogP contribution >= 0.6 is 11.3 Å². The van der Waals surface area contributed by atoms with Gasteiger partial charge in [0.05, 0.1) is 12.1 Å². The molecule has 90 valence electrons. The third-order valence-electron chi connectivity index (χ3n) is 2.56. The normalized spacial score (nSPS) is 10.5. The Morgan fingerprint density at radius 2 is 2.29 bits per heavy atom. The molecule has 2 aromatic rings. The minimum atomic E-state index is -0.244. The highest BCUT2D eigenvalue weighted by molar-refractivity contribution is 7.10. The third kappa shape index (κ3) is 2.55. The molecule has 0 unspecified atom stereocenters. The van der Waals surface area contributed by atoms with E-state index >= 15 is 0 Å². The number of aryl methyl sites for hydroxylation is 2. The van der Waals surface area contributed by atoms with Gasteiger partial charge in [-0.25, -0.2) is 0 Å². The zero-order chi connectivity index (χ0) is 12.4. The molecule has 0 fully saturated rings. The largest absolute Gasteiger partial charge is 0.422 e. The Morgan fingerprint density at radius 3 is 2.82 bits per heavy atom. The number of thiophene rings is 1. The van der Waals surface area contributed by atoms with Gasteiger partial charge >= 0.3 is 5.97 Å². The predicted octanol–water partition coefficient (Wildman–Crippen LogP) is 2.25. The molecule has 4 nitrogen and oxygen atoms in total. The van der Waals surface area contributed by atoms with Gasteiger partial charge in [-0.1, -0.05) is 6.07 Å². The standard InChI is InChI=1S/C12H14N2O2S/c1-8-12(9(2)14(3)13-8)16-11(15)7-10-5-4-6-17-10/h4-6H,7H2,1-3H3. The first-order valence-electron chi connectivity index (χ1n) is 5.31. The van der Waals surface area contributed by atoms with Crippen molar-refractivity contribution in [3.63, 3.8) is 0 Å². The van der Waals surface area contributed by atoms with Crippen LogP contribution in [0, 0.1) is 13.8 Å². The number of carbonyl (C=O) groups is 1. The smallest absolute Gasteiger partial charge is 0.316 e. The first-order chi connectivity index (χ1) is 8.08. The Labute approximate surface area is 104 Å². The van der Waals surface area contributed by atoms with Crippen molar-refractivity contribution in [1.82, 2.24) is 9.78 Å². The van der Waals surface area contributed by atoms with Gasteiger partial charge in [0.2, 0.25) is 0 Å². The van der Waals surface area contributed by atoms with Gasteiger partial charge in [0.25, 0.3) is 0 Å². The topological polar surface area (TPSA) is 44.1 Å². The molecule has 2 heterocycles. The van der Waals surface area contributed by atoms with Crippen molar-refractivity contribution in [3.05, 3.63) is 33.8 Å². The van der Waals surface area contributed by atoms with Gasteiger partial charge < -0.3 is 4.74 Å². The molecule has 0 spiro atoms. The molecule has 0 bridgehead atoms. The number of hydrogen-bond donors (Lipinski definition) is 0. The molecular formula is C12H14N2O2S. The van der Waals surface area contributed by atoms with E-state index in [0.717, 1.165) is 16.3 Å². The van der Waals surface area contributed by atoms with Crippen molar-refractivity contribution >= 4 is 17.3 Å². The maximum absolute atomic E-state index is 11.7. The molecule has 0 aliphatic carbocycles. The summed E-state index contributed by atoms with van der Waals surface area (Å²) in [6.07, 6.45) is 0.311. The summed E-state index contributed by atoms with van der Waals surface area (Å²) >= 11 is 1.55. The summed E-state index contributed by atoms with van der Waals surface area (Å²) in [7, 11) is 1.83. The number of esters is 1. The van der Waals surface area contributed by atoms with Gasteiger partial charge in [0.15, 0.2) is 5.75 Å². The number of ether oxygens (including phenoxy) is 1. The van der Waals surface area contributed by atoms with E-state index in [0.29, 0.717) is 12.2 Å². The molecule has 0 aliphatic rings. The zero-order valence-electron chi connectivity index (χ0n) is 10.1. The van der Waals surface area contributed by atoms with Crippen LogP contribution in [0.2, 0.25) is 0 Å². The maximum atomic E-state index is 11.7. The Kier molecular flexibility index (Phi) is 3.28. The minimum absolute atomic E-state index is 0.244. The molecule has 0 N–H and O–H groups in total. The number of rotatable bonds is 3. The Balaban J connectivity index is 2.08. The second kappa shape index (κ2) is 4.71. The van der Waals surface area contributed by atoms with Crippen molar-refractivity contribution in [1.29, 1.82) is 0 Å². The number of hydrogen-bond acceptors (Lipinski definition) is 4. The van der Waals surface area contributed by atoms with Gasteiger partial charge in [0.1, 0.15) is 5.69 Å². The highest BCUT2D eigenvalue weighted by Gasteiger charge is 2.15. The SMILES string of the molecule is Cc1nn(C)c(C)c1OC(=O)Cc1cccs1. The number of nitrogens with zero attached hydrogens (tertiary/aromatic N) is 2. The quantitative estimate of drug-likeness (QED) is 0.785. The highest BCUT2D eigenvalue weighted by Crippen LogP contribution is 2.22. The summed E-state index contributed by atoms with van der Waals surface area (Å²) in [5, 5.41) is 6.15. The third-order valence-corrected chi connectivity index (χ3v) is 3.43. The predicted molar refractivity (Wildman–Crippen MR) is 66.3 cm³/mol. The fourth-order valence-corrected chi connectivity index (χ4v) is 2.30. The summed E-state index contributed by atoms with van der Waals surface area (Å²) in [5.74, 6) is 0.334. The zero-order valence-corrected chi connectivity index (χ0v) is 10.9. The highest BCUT2D eigenvalue weighted by atomic mass is 32.1. The lowest BCUT2D eigenvalue weighted by Gasteiger charge is -2.03. The van der Waals surface area contributed by atoms with E-state index in [2.05, 4.69) is 5.10 Å². The van der Waals surface area contributed by atoms with Crippen LogP contribution in [0.3, 0.4) is 0 Å². The van der Waals surface area contributed by atoms with Gasteiger partial charge in [-0.15, -0.1) is 11.3 Å². The monoisotopic (exact) mass is 250 g/mol. The lowest BCUT2D eigenvalue weighted by molar-refractivity contribution is -0.133. The summed E-state index contributed by atoms with van der Waals surface area (Å²) in [5.41, 5.74) is 1.60. The van der Waals surface area contributed by atoms with Crippen LogP contribution in [0.5, 0.6) is 5.75 Å². The molecule has 0 aliphatic heterocycles. The first kappa shape index (κ1) is 11.9. The van der Waals surface area contributed by atoms with Gasteiger partial charge in [-0.2, -0.15) is 5.10 Å². The molecule has 5 heteroatoms. The maximum Gasteiger partial charge on any atom is 0.316 e. The summed E-state index contributed by atoms with van der Waals surface area (Å²) < 4.78 is 7.07. The van der Waals surface area contributed by atoms with Crippen molar-refractivity contribution in [2.45, 2.75) is 20.3 Å². The van der Waals surface area contributed by atoms with Crippen LogP contribution in [0.4, 0.5) is 0 Å². The van der Waals surface area contributed by atoms with E-state index in [1.807, 2.05) is 38.4 Å². The molecule has 2 aromatic heterocycles. The second-order valence-corrected chi connectivity index (χ2v) is 4.89. The molecule has 0 aromatic carbocycles. The van der Waals surface area contributed by atoms with E-state index < -0.39 is 0 Å². The van der Waals surface area contributed by atoms with Crippen molar-refractivity contribution in [2.75, 3.05) is 0 Å². The molecule has 2 rings (SSSR count). The second-order valence-electron chi connectivity index (χ2n) is 3.85. The number of aromatic nitrogens is 2. The summed E-state index contributed by atoms with van der Waals surface area (Å²) in [6.45, 7) is 3.72. The van der Waals surface area contributed by atoms with Crippen LogP contribution in [-0.4, -0.2) is 15.7 Å². The molecule has 0 amide bonds. The summed E-state index contributed by atoms with van der Waals surface area (Å²) in [6, 6.07) is 3.85. The van der Waals surface area contributed by atoms with Crippen LogP contribution in [0.25, 0.3) is 0 Å². The molecule has 17 heavy (non-hydrogen) atoms. The lowest BCUT2D eigenvalue weighted by atomic mass is 10.3. The first-order valence-corrected chi connectivity index (χ1v) is 6.19. The molecule has 0 saturated carbocycles. The fraction of sp³-hybridized carbons (Fsp3) is 0.333. The van der Waals surface area contributed by atoms with Gasteiger partial charge in [-0.3, -0.25) is 9.48 Å². The van der Waals surface area contributed by atoms with E-state index in [4.69, 9.17) is 4.74 Å². The molecule has 0 radical (unpaired) electrons. The molecular weight excluding hydrogens is 236 g/mol. The van der Waals surface area contributed by atoms with E-state index in [1.165, 1.54) is 0 Å². The summed E-state index contributed by atoms with van der Waals surface area (Å²) in [4.78, 5) is 12.7. The molecule has 0 saturated heterocycles. The Hall–Kier alpha value is -1.62. The molecule has 0 atom stereocenters. The van der Waals surface area contributed by atoms with E-state index in [1.54, 1.807) is 16.0 Å². The number of carbonyl (C=O) groups excluding carboxylic acids is 1. The van der Waals surface area contributed by atoms with Crippen molar-refractivity contribution in [3.8, 4) is 5.75 Å². The van der Waals surface area contributed by atoms with Crippen LogP contribution in [0.15, 0.2) is 17.5 Å².